The van der Waals surface area contributed by atoms with Crippen molar-refractivity contribution in [1.29, 1.82) is 0 Å². The molecule has 6 nitrogen and oxygen atoms in total. The maximum absolute atomic E-state index is 14.0. The number of hydrogen-bond acceptors (Lipinski definition) is 6. The molecule has 186 valence electrons. The lowest BCUT2D eigenvalue weighted by molar-refractivity contribution is 0.402. The summed E-state index contributed by atoms with van der Waals surface area (Å²) in [5.41, 5.74) is 6.33. The number of methoxy groups -OCH3 is 3. The van der Waals surface area contributed by atoms with E-state index in [1.807, 2.05) is 53.1 Å². The van der Waals surface area contributed by atoms with E-state index in [4.69, 9.17) is 19.2 Å². The monoisotopic (exact) mass is 510 g/mol. The molecule has 2 aliphatic rings. The number of benzene rings is 3. The van der Waals surface area contributed by atoms with Crippen LogP contribution in [0, 0.1) is 0 Å². The molecule has 37 heavy (non-hydrogen) atoms. The molecule has 1 aliphatic heterocycles. The van der Waals surface area contributed by atoms with Gasteiger partial charge in [0.2, 0.25) is 0 Å². The molecule has 6 rings (SSSR count). The van der Waals surface area contributed by atoms with Gasteiger partial charge in [0.25, 0.3) is 5.56 Å². The number of thiazole rings is 1. The van der Waals surface area contributed by atoms with E-state index in [0.717, 1.165) is 41.0 Å². The summed E-state index contributed by atoms with van der Waals surface area (Å²) in [6.45, 7) is 0. The third kappa shape index (κ3) is 3.96. The first-order valence-corrected chi connectivity index (χ1v) is 12.9. The standard InChI is InChI=1S/C30H26N2O4S/c1-34-21-11-8-19(9-12-21)28-24-14-10-18-6-4-5-7-23(18)27(24)31-30-32(28)29(33)26(37-30)17-20-16-22(35-2)13-15-25(20)36-3/h4-9,11-13,15-17,28H,10,14H2,1-3H3/b26-17+/t28-/m1/s1. The van der Waals surface area contributed by atoms with Crippen LogP contribution in [0.1, 0.15) is 34.7 Å². The molecule has 0 saturated carbocycles. The van der Waals surface area contributed by atoms with Crippen molar-refractivity contribution in [2.45, 2.75) is 18.9 Å². The second-order valence-electron chi connectivity index (χ2n) is 8.99. The van der Waals surface area contributed by atoms with E-state index in [9.17, 15) is 4.79 Å². The van der Waals surface area contributed by atoms with Crippen molar-refractivity contribution in [2.75, 3.05) is 21.3 Å². The van der Waals surface area contributed by atoms with Gasteiger partial charge in [0.15, 0.2) is 4.80 Å². The van der Waals surface area contributed by atoms with Crippen LogP contribution in [0.4, 0.5) is 0 Å². The highest BCUT2D eigenvalue weighted by molar-refractivity contribution is 7.07. The lowest BCUT2D eigenvalue weighted by atomic mass is 9.83. The molecule has 0 N–H and O–H groups in total. The summed E-state index contributed by atoms with van der Waals surface area (Å²) in [4.78, 5) is 19.7. The minimum atomic E-state index is -0.236. The van der Waals surface area contributed by atoms with E-state index >= 15 is 0 Å². The zero-order chi connectivity index (χ0) is 25.5. The normalized spacial score (nSPS) is 16.4. The summed E-state index contributed by atoms with van der Waals surface area (Å²) in [5, 5.41) is 0. The Labute approximate surface area is 218 Å². The number of rotatable bonds is 5. The summed E-state index contributed by atoms with van der Waals surface area (Å²) >= 11 is 1.40. The first kappa shape index (κ1) is 23.3. The molecule has 3 aromatic carbocycles. The smallest absolute Gasteiger partial charge is 0.271 e. The largest absolute Gasteiger partial charge is 0.497 e. The number of ether oxygens (including phenoxy) is 3. The number of aryl methyl sites for hydroxylation is 1. The average Bonchev–Trinajstić information content (AvgIpc) is 3.26. The Bertz CT molecular complexity index is 1710. The third-order valence-corrected chi connectivity index (χ3v) is 8.01. The topological polar surface area (TPSA) is 62.0 Å². The maximum atomic E-state index is 14.0. The number of hydrogen-bond donors (Lipinski definition) is 0. The van der Waals surface area contributed by atoms with Crippen LogP contribution in [-0.2, 0) is 6.42 Å². The highest BCUT2D eigenvalue weighted by Crippen LogP contribution is 2.41. The minimum Gasteiger partial charge on any atom is -0.497 e. The van der Waals surface area contributed by atoms with E-state index in [-0.39, 0.29) is 11.6 Å². The molecule has 1 aliphatic carbocycles. The molecule has 0 spiro atoms. The molecule has 0 saturated heterocycles. The molecule has 0 radical (unpaired) electrons. The van der Waals surface area contributed by atoms with Crippen molar-refractivity contribution in [2.24, 2.45) is 4.99 Å². The van der Waals surface area contributed by atoms with E-state index < -0.39 is 0 Å². The molecular formula is C30H26N2O4S. The van der Waals surface area contributed by atoms with Crippen molar-refractivity contribution in [3.05, 3.63) is 114 Å². The van der Waals surface area contributed by atoms with Crippen LogP contribution in [0.5, 0.6) is 17.2 Å². The first-order valence-electron chi connectivity index (χ1n) is 12.1. The molecule has 0 fully saturated rings. The second-order valence-corrected chi connectivity index (χ2v) is 10.0. The lowest BCUT2D eigenvalue weighted by Gasteiger charge is -2.30. The Balaban J connectivity index is 1.60. The van der Waals surface area contributed by atoms with E-state index in [1.54, 1.807) is 21.3 Å². The fourth-order valence-corrected chi connectivity index (χ4v) is 6.19. The molecule has 2 heterocycles. The summed E-state index contributed by atoms with van der Waals surface area (Å²) in [6, 6.07) is 21.7. The number of aromatic nitrogens is 1. The van der Waals surface area contributed by atoms with Gasteiger partial charge in [-0.2, -0.15) is 0 Å². The van der Waals surface area contributed by atoms with Crippen molar-refractivity contribution >= 4 is 23.1 Å². The maximum Gasteiger partial charge on any atom is 0.271 e. The fourth-order valence-electron chi connectivity index (χ4n) is 5.20. The SMILES string of the molecule is COc1ccc([C@@H]2C3=C(N=c4s/c(=C/c5cc(OC)ccc5OC)c(=O)n42)c2ccccc2CC3)cc1. The Morgan fingerprint density at radius 3 is 2.43 bits per heavy atom. The third-order valence-electron chi connectivity index (χ3n) is 7.03. The van der Waals surface area contributed by atoms with Crippen molar-refractivity contribution in [1.82, 2.24) is 4.57 Å². The molecule has 0 amide bonds. The van der Waals surface area contributed by atoms with Crippen LogP contribution >= 0.6 is 11.3 Å². The molecular weight excluding hydrogens is 484 g/mol. The van der Waals surface area contributed by atoms with Crippen LogP contribution in [0.15, 0.2) is 82.1 Å². The van der Waals surface area contributed by atoms with Crippen LogP contribution in [0.2, 0.25) is 0 Å². The molecule has 1 atom stereocenters. The lowest BCUT2D eigenvalue weighted by Crippen LogP contribution is -2.38. The van der Waals surface area contributed by atoms with Crippen molar-refractivity contribution in [3.63, 3.8) is 0 Å². The Morgan fingerprint density at radius 2 is 1.68 bits per heavy atom. The van der Waals surface area contributed by atoms with Crippen LogP contribution < -0.4 is 29.1 Å². The van der Waals surface area contributed by atoms with Crippen molar-refractivity contribution in [3.8, 4) is 17.2 Å². The fraction of sp³-hybridized carbons (Fsp3) is 0.200. The van der Waals surface area contributed by atoms with Gasteiger partial charge in [0, 0.05) is 11.1 Å². The van der Waals surface area contributed by atoms with Crippen LogP contribution in [0.25, 0.3) is 11.8 Å². The predicted octanol–water partition coefficient (Wildman–Crippen LogP) is 4.34. The number of nitrogens with zero attached hydrogens (tertiary/aromatic N) is 2. The van der Waals surface area contributed by atoms with Gasteiger partial charge >= 0.3 is 0 Å². The molecule has 4 aromatic rings. The van der Waals surface area contributed by atoms with Gasteiger partial charge in [0.05, 0.1) is 37.6 Å². The average molecular weight is 511 g/mol. The molecule has 0 unspecified atom stereocenters. The van der Waals surface area contributed by atoms with Crippen molar-refractivity contribution < 1.29 is 14.2 Å². The van der Waals surface area contributed by atoms with E-state index in [0.29, 0.717) is 20.8 Å². The zero-order valence-corrected chi connectivity index (χ0v) is 21.7. The minimum absolute atomic E-state index is 0.0696. The van der Waals surface area contributed by atoms with E-state index in [2.05, 4.69) is 24.3 Å². The van der Waals surface area contributed by atoms with E-state index in [1.165, 1.54) is 22.5 Å². The predicted molar refractivity (Wildman–Crippen MR) is 145 cm³/mol. The number of allylic oxidation sites excluding steroid dienone is 1. The molecule has 1 aromatic heterocycles. The molecule has 7 heteroatoms. The quantitative estimate of drug-likeness (QED) is 0.401. The summed E-state index contributed by atoms with van der Waals surface area (Å²) in [6.07, 6.45) is 3.63. The van der Waals surface area contributed by atoms with Crippen LogP contribution in [0.3, 0.4) is 0 Å². The Morgan fingerprint density at radius 1 is 0.919 bits per heavy atom. The van der Waals surface area contributed by atoms with Gasteiger partial charge in [-0.1, -0.05) is 47.7 Å². The Kier molecular flexibility index (Phi) is 5.93. The highest BCUT2D eigenvalue weighted by atomic mass is 32.1. The second kappa shape index (κ2) is 9.41. The van der Waals surface area contributed by atoms with Gasteiger partial charge in [-0.05, 0) is 65.9 Å². The summed E-state index contributed by atoms with van der Waals surface area (Å²) in [5.74, 6) is 2.15. The van der Waals surface area contributed by atoms with Gasteiger partial charge in [-0.25, -0.2) is 4.99 Å². The van der Waals surface area contributed by atoms with Gasteiger partial charge < -0.3 is 14.2 Å². The van der Waals surface area contributed by atoms with Crippen LogP contribution in [-0.4, -0.2) is 25.9 Å². The summed E-state index contributed by atoms with van der Waals surface area (Å²) in [7, 11) is 4.90. The van der Waals surface area contributed by atoms with Gasteiger partial charge in [0.1, 0.15) is 17.2 Å². The van der Waals surface area contributed by atoms with Gasteiger partial charge in [-0.3, -0.25) is 9.36 Å². The summed E-state index contributed by atoms with van der Waals surface area (Å²) < 4.78 is 18.8. The zero-order valence-electron chi connectivity index (χ0n) is 20.9. The number of fused-ring (bicyclic) bond motifs is 3. The molecule has 0 bridgehead atoms. The first-order chi connectivity index (χ1) is 18.1. The highest BCUT2D eigenvalue weighted by Gasteiger charge is 2.32. The van der Waals surface area contributed by atoms with Gasteiger partial charge in [-0.15, -0.1) is 0 Å². The Hall–Kier alpha value is -4.10.